The summed E-state index contributed by atoms with van der Waals surface area (Å²) in [5.74, 6) is 0. The molecule has 0 aliphatic rings. The molecule has 1 aromatic carbocycles. The summed E-state index contributed by atoms with van der Waals surface area (Å²) in [4.78, 5) is 3.36. The monoisotopic (exact) mass is 202 g/mol. The number of hydrogen-bond acceptors (Lipinski definition) is 1. The number of aromatic nitrogens is 1. The normalized spacial score (nSPS) is 13.3. The Balaban J connectivity index is 2.68. The quantitative estimate of drug-likeness (QED) is 0.769. The molecule has 0 fully saturated rings. The van der Waals surface area contributed by atoms with Crippen LogP contribution in [0.1, 0.15) is 29.7 Å². The van der Waals surface area contributed by atoms with Gasteiger partial charge in [-0.3, -0.25) is 0 Å². The molecule has 0 saturated carbocycles. The van der Waals surface area contributed by atoms with Gasteiger partial charge in [-0.25, -0.2) is 0 Å². The highest BCUT2D eigenvalue weighted by molar-refractivity contribution is 5.87. The minimum atomic E-state index is 0.389. The van der Waals surface area contributed by atoms with Crippen LogP contribution in [0.3, 0.4) is 0 Å². The van der Waals surface area contributed by atoms with Gasteiger partial charge in [0.15, 0.2) is 0 Å². The van der Waals surface area contributed by atoms with Crippen LogP contribution in [0, 0.1) is 13.8 Å². The van der Waals surface area contributed by atoms with Crippen molar-refractivity contribution >= 4 is 10.9 Å². The second-order valence-electron chi connectivity index (χ2n) is 4.26. The average Bonchev–Trinajstić information content (AvgIpc) is 2.60. The molecule has 15 heavy (non-hydrogen) atoms. The van der Waals surface area contributed by atoms with Gasteiger partial charge >= 0.3 is 0 Å². The van der Waals surface area contributed by atoms with Gasteiger partial charge in [-0.1, -0.05) is 11.6 Å². The van der Waals surface area contributed by atoms with Crippen molar-refractivity contribution in [3.05, 3.63) is 35.0 Å². The average molecular weight is 202 g/mol. The fourth-order valence-corrected chi connectivity index (χ4v) is 2.13. The van der Waals surface area contributed by atoms with E-state index in [1.165, 1.54) is 27.6 Å². The molecule has 0 radical (unpaired) electrons. The van der Waals surface area contributed by atoms with Crippen LogP contribution < -0.4 is 5.32 Å². The minimum absolute atomic E-state index is 0.389. The second kappa shape index (κ2) is 3.70. The summed E-state index contributed by atoms with van der Waals surface area (Å²) >= 11 is 0. The first kappa shape index (κ1) is 10.2. The number of benzene rings is 1. The highest BCUT2D eigenvalue weighted by atomic mass is 14.9. The number of aromatic amines is 1. The fraction of sp³-hybridized carbons (Fsp3) is 0.385. The molecule has 2 nitrogen and oxygen atoms in total. The first-order valence-corrected chi connectivity index (χ1v) is 5.39. The zero-order chi connectivity index (χ0) is 11.0. The van der Waals surface area contributed by atoms with Crippen molar-refractivity contribution in [2.75, 3.05) is 7.05 Å². The van der Waals surface area contributed by atoms with Crippen LogP contribution in [0.2, 0.25) is 0 Å². The Morgan fingerprint density at radius 3 is 2.67 bits per heavy atom. The summed E-state index contributed by atoms with van der Waals surface area (Å²) in [6.45, 7) is 6.48. The molecule has 2 rings (SSSR count). The lowest BCUT2D eigenvalue weighted by molar-refractivity contribution is 0.657. The highest BCUT2D eigenvalue weighted by Crippen LogP contribution is 2.27. The topological polar surface area (TPSA) is 27.8 Å². The van der Waals surface area contributed by atoms with Gasteiger partial charge in [0.1, 0.15) is 0 Å². The van der Waals surface area contributed by atoms with Gasteiger partial charge in [-0.15, -0.1) is 0 Å². The maximum Gasteiger partial charge on any atom is 0.0487 e. The van der Waals surface area contributed by atoms with E-state index in [1.807, 2.05) is 7.05 Å². The largest absolute Gasteiger partial charge is 0.361 e. The van der Waals surface area contributed by atoms with E-state index in [-0.39, 0.29) is 0 Å². The first-order valence-electron chi connectivity index (χ1n) is 5.39. The van der Waals surface area contributed by atoms with Crippen LogP contribution in [0.4, 0.5) is 0 Å². The van der Waals surface area contributed by atoms with Gasteiger partial charge in [-0.05, 0) is 45.0 Å². The van der Waals surface area contributed by atoms with Crippen molar-refractivity contribution in [1.82, 2.24) is 10.3 Å². The van der Waals surface area contributed by atoms with E-state index in [1.54, 1.807) is 0 Å². The third-order valence-corrected chi connectivity index (χ3v) is 3.06. The third-order valence-electron chi connectivity index (χ3n) is 3.06. The Labute approximate surface area is 90.7 Å². The zero-order valence-corrected chi connectivity index (χ0v) is 9.81. The van der Waals surface area contributed by atoms with Gasteiger partial charge in [-0.2, -0.15) is 0 Å². The lowest BCUT2D eigenvalue weighted by Crippen LogP contribution is -2.11. The first-order chi connectivity index (χ1) is 7.13. The van der Waals surface area contributed by atoms with Gasteiger partial charge in [0.2, 0.25) is 0 Å². The molecular weight excluding hydrogens is 184 g/mol. The molecular formula is C13H18N2. The molecule has 1 unspecified atom stereocenters. The summed E-state index contributed by atoms with van der Waals surface area (Å²) in [6, 6.07) is 4.86. The van der Waals surface area contributed by atoms with E-state index in [9.17, 15) is 0 Å². The van der Waals surface area contributed by atoms with Crippen LogP contribution in [0.25, 0.3) is 10.9 Å². The van der Waals surface area contributed by atoms with E-state index >= 15 is 0 Å². The van der Waals surface area contributed by atoms with Crippen molar-refractivity contribution in [2.45, 2.75) is 26.8 Å². The summed E-state index contributed by atoms with van der Waals surface area (Å²) in [7, 11) is 1.99. The fourth-order valence-electron chi connectivity index (χ4n) is 2.13. The Hall–Kier alpha value is -1.28. The smallest absolute Gasteiger partial charge is 0.0487 e. The van der Waals surface area contributed by atoms with E-state index in [0.29, 0.717) is 6.04 Å². The van der Waals surface area contributed by atoms with Crippen LogP contribution >= 0.6 is 0 Å². The molecule has 0 amide bonds. The zero-order valence-electron chi connectivity index (χ0n) is 9.81. The molecule has 0 aliphatic carbocycles. The lowest BCUT2D eigenvalue weighted by Gasteiger charge is -2.09. The SMILES string of the molecule is CNC(C)c1c[nH]c2c(C)cc(C)cc12. The van der Waals surface area contributed by atoms with E-state index < -0.39 is 0 Å². The number of aryl methyl sites for hydroxylation is 2. The molecule has 1 atom stereocenters. The Morgan fingerprint density at radius 1 is 1.27 bits per heavy atom. The maximum absolute atomic E-state index is 3.36. The van der Waals surface area contributed by atoms with Crippen LogP contribution in [0.15, 0.2) is 18.3 Å². The van der Waals surface area contributed by atoms with Crippen LogP contribution in [0.5, 0.6) is 0 Å². The molecule has 0 aliphatic heterocycles. The van der Waals surface area contributed by atoms with Crippen LogP contribution in [-0.2, 0) is 0 Å². The molecule has 0 spiro atoms. The highest BCUT2D eigenvalue weighted by Gasteiger charge is 2.10. The number of hydrogen-bond donors (Lipinski definition) is 2. The summed E-state index contributed by atoms with van der Waals surface area (Å²) in [5.41, 5.74) is 5.25. The predicted octanol–water partition coefficient (Wildman–Crippen LogP) is 3.07. The number of H-pyrrole nitrogens is 1. The summed E-state index contributed by atoms with van der Waals surface area (Å²) in [5, 5.41) is 4.62. The van der Waals surface area contributed by atoms with Gasteiger partial charge in [0, 0.05) is 23.1 Å². The number of nitrogens with one attached hydrogen (secondary N) is 2. The molecule has 1 aromatic heterocycles. The third kappa shape index (κ3) is 1.65. The van der Waals surface area contributed by atoms with Gasteiger partial charge in [0.05, 0.1) is 0 Å². The number of rotatable bonds is 2. The standard InChI is InChI=1S/C13H18N2/c1-8-5-9(2)13-11(6-8)12(7-15-13)10(3)14-4/h5-7,10,14-15H,1-4H3. The molecule has 0 bridgehead atoms. The van der Waals surface area contributed by atoms with Gasteiger partial charge in [0.25, 0.3) is 0 Å². The minimum Gasteiger partial charge on any atom is -0.361 e. The Morgan fingerprint density at radius 2 is 2.00 bits per heavy atom. The van der Waals surface area contributed by atoms with E-state index in [4.69, 9.17) is 0 Å². The lowest BCUT2D eigenvalue weighted by atomic mass is 10.0. The Kier molecular flexibility index (Phi) is 2.53. The molecule has 80 valence electrons. The molecule has 1 heterocycles. The molecule has 2 N–H and O–H groups in total. The second-order valence-corrected chi connectivity index (χ2v) is 4.26. The van der Waals surface area contributed by atoms with Crippen LogP contribution in [-0.4, -0.2) is 12.0 Å². The van der Waals surface area contributed by atoms with Crippen molar-refractivity contribution in [3.8, 4) is 0 Å². The van der Waals surface area contributed by atoms with Crippen molar-refractivity contribution in [3.63, 3.8) is 0 Å². The summed E-state index contributed by atoms with van der Waals surface area (Å²) in [6.07, 6.45) is 2.11. The van der Waals surface area contributed by atoms with Crippen molar-refractivity contribution in [1.29, 1.82) is 0 Å². The van der Waals surface area contributed by atoms with Crippen molar-refractivity contribution in [2.24, 2.45) is 0 Å². The van der Waals surface area contributed by atoms with E-state index in [2.05, 4.69) is 49.4 Å². The number of fused-ring (bicyclic) bond motifs is 1. The Bertz CT molecular complexity index is 482. The molecule has 2 aromatic rings. The van der Waals surface area contributed by atoms with E-state index in [0.717, 1.165) is 0 Å². The maximum atomic E-state index is 3.36. The molecule has 0 saturated heterocycles. The molecule has 2 heteroatoms. The predicted molar refractivity (Wildman–Crippen MR) is 65.2 cm³/mol. The van der Waals surface area contributed by atoms with Crippen molar-refractivity contribution < 1.29 is 0 Å². The summed E-state index contributed by atoms with van der Waals surface area (Å²) < 4.78 is 0. The van der Waals surface area contributed by atoms with Gasteiger partial charge < -0.3 is 10.3 Å².